The highest BCUT2D eigenvalue weighted by Crippen LogP contribution is 2.26. The van der Waals surface area contributed by atoms with E-state index in [1.165, 1.54) is 11.8 Å². The van der Waals surface area contributed by atoms with Gasteiger partial charge in [0.05, 0.1) is 18.5 Å². The number of nitrogens with one attached hydrogen (secondary N) is 1. The molecule has 1 amide bonds. The second-order valence-electron chi connectivity index (χ2n) is 7.98. The van der Waals surface area contributed by atoms with E-state index in [9.17, 15) is 4.79 Å². The van der Waals surface area contributed by atoms with E-state index in [1.54, 1.807) is 11.8 Å². The molecular formula is C25H25ClN6O2S. The monoisotopic (exact) mass is 508 g/mol. The molecule has 1 N–H and O–H groups in total. The second kappa shape index (κ2) is 10.9. The molecule has 0 aliphatic rings. The van der Waals surface area contributed by atoms with E-state index >= 15 is 0 Å². The maximum atomic E-state index is 13.1. The van der Waals surface area contributed by atoms with Gasteiger partial charge in [0.2, 0.25) is 0 Å². The number of benzene rings is 2. The summed E-state index contributed by atoms with van der Waals surface area (Å²) in [7, 11) is 1.62. The van der Waals surface area contributed by atoms with Crippen LogP contribution in [0.5, 0.6) is 5.75 Å². The van der Waals surface area contributed by atoms with E-state index in [-0.39, 0.29) is 11.6 Å². The first-order chi connectivity index (χ1) is 16.8. The first-order valence-electron chi connectivity index (χ1n) is 10.9. The summed E-state index contributed by atoms with van der Waals surface area (Å²) < 4.78 is 6.83. The Bertz CT molecular complexity index is 1340. The number of hydrogen-bond acceptors (Lipinski definition) is 7. The first-order valence-corrected chi connectivity index (χ1v) is 12.3. The lowest BCUT2D eigenvalue weighted by Gasteiger charge is -2.10. The Balaban J connectivity index is 1.61. The Morgan fingerprint density at radius 2 is 1.77 bits per heavy atom. The molecule has 2 aromatic carbocycles. The minimum atomic E-state index is -0.317. The lowest BCUT2D eigenvalue weighted by atomic mass is 10.2. The van der Waals surface area contributed by atoms with Gasteiger partial charge in [0.15, 0.2) is 10.9 Å². The molecule has 0 saturated heterocycles. The summed E-state index contributed by atoms with van der Waals surface area (Å²) in [5.41, 5.74) is 5.25. The van der Waals surface area contributed by atoms with Crippen LogP contribution in [0.1, 0.15) is 38.7 Å². The largest absolute Gasteiger partial charge is 0.497 e. The van der Waals surface area contributed by atoms with Crippen molar-refractivity contribution in [1.29, 1.82) is 0 Å². The van der Waals surface area contributed by atoms with Crippen molar-refractivity contribution in [2.24, 2.45) is 0 Å². The van der Waals surface area contributed by atoms with Gasteiger partial charge < -0.3 is 10.1 Å². The van der Waals surface area contributed by atoms with Crippen molar-refractivity contribution in [1.82, 2.24) is 30.3 Å². The van der Waals surface area contributed by atoms with Crippen molar-refractivity contribution in [3.8, 4) is 11.4 Å². The molecule has 0 radical (unpaired) electrons. The molecule has 0 aliphatic carbocycles. The number of halogens is 1. The van der Waals surface area contributed by atoms with Crippen LogP contribution in [0.3, 0.4) is 0 Å². The quantitative estimate of drug-likeness (QED) is 0.268. The van der Waals surface area contributed by atoms with Gasteiger partial charge in [-0.3, -0.25) is 4.79 Å². The highest BCUT2D eigenvalue weighted by Gasteiger charge is 2.22. The number of hydrogen-bond donors (Lipinski definition) is 1. The third kappa shape index (κ3) is 5.98. The maximum absolute atomic E-state index is 13.1. The predicted molar refractivity (Wildman–Crippen MR) is 136 cm³/mol. The molecule has 0 saturated carbocycles. The summed E-state index contributed by atoms with van der Waals surface area (Å²) in [6, 6.07) is 15.0. The van der Waals surface area contributed by atoms with Crippen molar-refractivity contribution >= 4 is 29.3 Å². The van der Waals surface area contributed by atoms with Crippen LogP contribution in [0.2, 0.25) is 5.02 Å². The number of carbonyl (C=O) groups is 1. The fourth-order valence-corrected chi connectivity index (χ4v) is 4.55. The van der Waals surface area contributed by atoms with E-state index in [1.807, 2.05) is 69.3 Å². The number of nitrogens with zero attached hydrogens (tertiary/aromatic N) is 5. The van der Waals surface area contributed by atoms with Gasteiger partial charge in [-0.2, -0.15) is 0 Å². The number of thioether (sulfide) groups is 1. The van der Waals surface area contributed by atoms with Crippen LogP contribution in [0, 0.1) is 20.8 Å². The molecule has 0 atom stereocenters. The number of aromatic nitrogens is 5. The van der Waals surface area contributed by atoms with Crippen molar-refractivity contribution in [2.45, 2.75) is 38.2 Å². The molecular weight excluding hydrogens is 484 g/mol. The minimum Gasteiger partial charge on any atom is -0.497 e. The highest BCUT2D eigenvalue weighted by molar-refractivity contribution is 7.98. The zero-order valence-electron chi connectivity index (χ0n) is 19.9. The fraction of sp³-hybridized carbons (Fsp3) is 0.240. The van der Waals surface area contributed by atoms with Crippen molar-refractivity contribution < 1.29 is 9.53 Å². The summed E-state index contributed by atoms with van der Waals surface area (Å²) in [6.45, 7) is 6.13. The number of methoxy groups -OCH3 is 1. The average Bonchev–Trinajstić information content (AvgIpc) is 3.26. The van der Waals surface area contributed by atoms with Gasteiger partial charge in [0.1, 0.15) is 5.75 Å². The average molecular weight is 509 g/mol. The SMILES string of the molecule is COc1ccc(CNC(=O)c2nnn(-c3ccc(C)c(Cl)c3)c2CSc2nc(C)cc(C)n2)cc1. The molecule has 180 valence electrons. The smallest absolute Gasteiger partial charge is 0.274 e. The summed E-state index contributed by atoms with van der Waals surface area (Å²) >= 11 is 7.78. The topological polar surface area (TPSA) is 94.8 Å². The maximum Gasteiger partial charge on any atom is 0.274 e. The summed E-state index contributed by atoms with van der Waals surface area (Å²) in [6.07, 6.45) is 0. The Morgan fingerprint density at radius 3 is 2.43 bits per heavy atom. The summed E-state index contributed by atoms with van der Waals surface area (Å²) in [4.78, 5) is 22.1. The Morgan fingerprint density at radius 1 is 1.06 bits per heavy atom. The van der Waals surface area contributed by atoms with Crippen molar-refractivity contribution in [3.05, 3.63) is 87.5 Å². The Labute approximate surface area is 213 Å². The molecule has 0 fully saturated rings. The number of aryl methyl sites for hydroxylation is 3. The molecule has 0 spiro atoms. The Kier molecular flexibility index (Phi) is 7.67. The number of ether oxygens (including phenoxy) is 1. The van der Waals surface area contributed by atoms with Crippen LogP contribution in [0.15, 0.2) is 53.7 Å². The van der Waals surface area contributed by atoms with Crippen LogP contribution in [-0.4, -0.2) is 38.0 Å². The van der Waals surface area contributed by atoms with Gasteiger partial charge in [0, 0.05) is 28.7 Å². The van der Waals surface area contributed by atoms with E-state index in [4.69, 9.17) is 16.3 Å². The van der Waals surface area contributed by atoms with Gasteiger partial charge in [-0.15, -0.1) is 5.10 Å². The van der Waals surface area contributed by atoms with Crippen molar-refractivity contribution in [3.63, 3.8) is 0 Å². The second-order valence-corrected chi connectivity index (χ2v) is 9.33. The lowest BCUT2D eigenvalue weighted by Crippen LogP contribution is -2.24. The third-order valence-electron chi connectivity index (χ3n) is 5.29. The van der Waals surface area contributed by atoms with Gasteiger partial charge in [-0.1, -0.05) is 46.8 Å². The molecule has 10 heteroatoms. The van der Waals surface area contributed by atoms with Crippen LogP contribution in [0.4, 0.5) is 0 Å². The first kappa shape index (κ1) is 24.7. The molecule has 35 heavy (non-hydrogen) atoms. The lowest BCUT2D eigenvalue weighted by molar-refractivity contribution is 0.0945. The molecule has 4 rings (SSSR count). The molecule has 8 nitrogen and oxygen atoms in total. The van der Waals surface area contributed by atoms with Gasteiger partial charge >= 0.3 is 0 Å². The zero-order chi connectivity index (χ0) is 24.9. The van der Waals surface area contributed by atoms with Crippen LogP contribution in [-0.2, 0) is 12.3 Å². The predicted octanol–water partition coefficient (Wildman–Crippen LogP) is 4.87. The molecule has 0 unspecified atom stereocenters. The molecule has 2 heterocycles. The normalized spacial score (nSPS) is 10.9. The van der Waals surface area contributed by atoms with Gasteiger partial charge in [-0.05, 0) is 62.2 Å². The van der Waals surface area contributed by atoms with Crippen LogP contribution >= 0.6 is 23.4 Å². The highest BCUT2D eigenvalue weighted by atomic mass is 35.5. The molecule has 4 aromatic rings. The molecule has 2 aromatic heterocycles. The van der Waals surface area contributed by atoms with E-state index in [0.29, 0.717) is 28.2 Å². The van der Waals surface area contributed by atoms with Gasteiger partial charge in [-0.25, -0.2) is 14.6 Å². The Hall–Kier alpha value is -3.43. The zero-order valence-corrected chi connectivity index (χ0v) is 21.4. The van der Waals surface area contributed by atoms with E-state index < -0.39 is 0 Å². The standard InChI is InChI=1S/C25H25ClN6O2S/c1-15-5-8-19(12-21(15)26)32-22(14-35-25-28-16(2)11-17(3)29-25)23(30-31-32)24(33)27-13-18-6-9-20(34-4)10-7-18/h5-12H,13-14H2,1-4H3,(H,27,33). The van der Waals surface area contributed by atoms with Crippen molar-refractivity contribution in [2.75, 3.05) is 7.11 Å². The summed E-state index contributed by atoms with van der Waals surface area (Å²) in [5, 5.41) is 12.7. The van der Waals surface area contributed by atoms with E-state index in [0.717, 1.165) is 34.0 Å². The van der Waals surface area contributed by atoms with Crippen LogP contribution in [0.25, 0.3) is 5.69 Å². The number of carbonyl (C=O) groups excluding carboxylic acids is 1. The van der Waals surface area contributed by atoms with E-state index in [2.05, 4.69) is 25.6 Å². The van der Waals surface area contributed by atoms with Crippen LogP contribution < -0.4 is 10.1 Å². The fourth-order valence-electron chi connectivity index (χ4n) is 3.43. The number of amides is 1. The minimum absolute atomic E-state index is 0.243. The third-order valence-corrected chi connectivity index (χ3v) is 6.56. The van der Waals surface area contributed by atoms with Gasteiger partial charge in [0.25, 0.3) is 5.91 Å². The summed E-state index contributed by atoms with van der Waals surface area (Å²) in [5.74, 6) is 0.835. The number of rotatable bonds is 8. The molecule has 0 aliphatic heterocycles. The molecule has 0 bridgehead atoms.